The second-order valence-corrected chi connectivity index (χ2v) is 17.5. The lowest BCUT2D eigenvalue weighted by molar-refractivity contribution is 0.172. The molecule has 0 fully saturated rings. The van der Waals surface area contributed by atoms with Crippen LogP contribution in [0.1, 0.15) is 0 Å². The van der Waals surface area contributed by atoms with Gasteiger partial charge in [0.05, 0.1) is 14.2 Å². The van der Waals surface area contributed by atoms with Gasteiger partial charge in [-0.05, 0) is 186 Å². The van der Waals surface area contributed by atoms with Crippen LogP contribution in [-0.4, -0.2) is 67.1 Å². The van der Waals surface area contributed by atoms with Crippen molar-refractivity contribution in [3.05, 3.63) is 121 Å². The van der Waals surface area contributed by atoms with Crippen molar-refractivity contribution in [3.63, 3.8) is 0 Å². The molecular formula is C58H42O13. The maximum absolute atomic E-state index is 6.56. The molecule has 0 radical (unpaired) electrons. The lowest BCUT2D eigenvalue weighted by atomic mass is 9.93. The molecule has 0 saturated heterocycles. The monoisotopic (exact) mass is 946 g/mol. The van der Waals surface area contributed by atoms with Crippen LogP contribution < -0.4 is 61.6 Å². The normalized spacial score (nSPS) is 14.5. The molecule has 4 aliphatic heterocycles. The molecule has 0 aliphatic carbocycles. The number of ether oxygens (including phenoxy) is 13. The summed E-state index contributed by atoms with van der Waals surface area (Å²) in [6.45, 7) is 3.89. The zero-order valence-electron chi connectivity index (χ0n) is 38.5. The van der Waals surface area contributed by atoms with E-state index in [-0.39, 0.29) is 0 Å². The summed E-state index contributed by atoms with van der Waals surface area (Å²) < 4.78 is 79.5. The van der Waals surface area contributed by atoms with Gasteiger partial charge in [-0.2, -0.15) is 0 Å². The molecule has 0 saturated carbocycles. The quantitative estimate of drug-likeness (QED) is 0.135. The number of fused-ring (bicyclic) bond motifs is 16. The summed E-state index contributed by atoms with van der Waals surface area (Å²) in [7, 11) is 3.28. The topological polar surface area (TPSA) is 120 Å². The third kappa shape index (κ3) is 6.98. The van der Waals surface area contributed by atoms with E-state index in [1.165, 1.54) is 0 Å². The van der Waals surface area contributed by atoms with Crippen molar-refractivity contribution < 1.29 is 61.6 Å². The lowest BCUT2D eigenvalue weighted by Crippen LogP contribution is -2.15. The molecule has 13 nitrogen and oxygen atoms in total. The van der Waals surface area contributed by atoms with Gasteiger partial charge in [-0.1, -0.05) is 0 Å². The maximum Gasteiger partial charge on any atom is 0.169 e. The van der Waals surface area contributed by atoms with Crippen LogP contribution in [0.15, 0.2) is 121 Å². The molecule has 10 aromatic carbocycles. The van der Waals surface area contributed by atoms with Gasteiger partial charge in [0.2, 0.25) is 0 Å². The van der Waals surface area contributed by atoms with Crippen molar-refractivity contribution in [1.82, 2.24) is 0 Å². The van der Waals surface area contributed by atoms with E-state index in [9.17, 15) is 0 Å². The van der Waals surface area contributed by atoms with Crippen molar-refractivity contribution in [1.29, 1.82) is 0 Å². The van der Waals surface area contributed by atoms with E-state index in [4.69, 9.17) is 61.6 Å². The number of hydrogen-bond acceptors (Lipinski definition) is 13. The van der Waals surface area contributed by atoms with Gasteiger partial charge in [0.15, 0.2) is 69.0 Å². The molecular weight excluding hydrogens is 905 g/mol. The summed E-state index contributed by atoms with van der Waals surface area (Å²) in [5.74, 6) is 10.3. The summed E-state index contributed by atoms with van der Waals surface area (Å²) in [4.78, 5) is 0. The fourth-order valence-corrected chi connectivity index (χ4v) is 10.2. The molecule has 13 heteroatoms. The maximum atomic E-state index is 6.56. The van der Waals surface area contributed by atoms with Crippen LogP contribution in [0.5, 0.6) is 92.0 Å². The Balaban J connectivity index is 0.748. The Labute approximate surface area is 405 Å². The van der Waals surface area contributed by atoms with Gasteiger partial charge in [0.1, 0.15) is 75.9 Å². The van der Waals surface area contributed by atoms with Crippen LogP contribution >= 0.6 is 0 Å². The van der Waals surface area contributed by atoms with E-state index in [0.717, 1.165) is 64.6 Å². The van der Waals surface area contributed by atoms with Gasteiger partial charge in [-0.15, -0.1) is 0 Å². The Kier molecular flexibility index (Phi) is 9.51. The Morgan fingerprint density at radius 1 is 0.239 bits per heavy atom. The smallest absolute Gasteiger partial charge is 0.169 e. The summed E-state index contributed by atoms with van der Waals surface area (Å²) in [5, 5.41) is 11.8. The minimum absolute atomic E-state index is 0.479. The summed E-state index contributed by atoms with van der Waals surface area (Å²) in [5.41, 5.74) is 0. The average Bonchev–Trinajstić information content (AvgIpc) is 3.42. The van der Waals surface area contributed by atoms with Crippen LogP contribution in [0.3, 0.4) is 0 Å². The van der Waals surface area contributed by atoms with E-state index < -0.39 is 0 Å². The van der Waals surface area contributed by atoms with Crippen LogP contribution in [0.2, 0.25) is 0 Å². The molecule has 71 heavy (non-hydrogen) atoms. The SMILES string of the molecule is COc1cc2c3cc4c(cc3c3cc5c(cc3c2cc1Oc1ccc(Oc2ccc(Oc3cc6c(cc3OC)c3cc7c(cc3c3cc8c(cc36)OCCO8)OCCO7)cc2)cc1)OCCO5)OCCO4. The molecule has 0 aromatic heterocycles. The van der Waals surface area contributed by atoms with E-state index >= 15 is 0 Å². The lowest BCUT2D eigenvalue weighted by Gasteiger charge is -2.23. The van der Waals surface area contributed by atoms with Crippen molar-refractivity contribution in [3.8, 4) is 92.0 Å². The highest BCUT2D eigenvalue weighted by Gasteiger charge is 2.25. The van der Waals surface area contributed by atoms with Crippen molar-refractivity contribution in [2.45, 2.75) is 0 Å². The first-order valence-corrected chi connectivity index (χ1v) is 23.5. The summed E-state index contributed by atoms with van der Waals surface area (Å²) in [6.07, 6.45) is 0. The first kappa shape index (κ1) is 41.2. The van der Waals surface area contributed by atoms with Crippen molar-refractivity contribution in [2.24, 2.45) is 0 Å². The molecule has 0 spiro atoms. The van der Waals surface area contributed by atoms with Crippen LogP contribution in [0, 0.1) is 0 Å². The fraction of sp³-hybridized carbons (Fsp3) is 0.172. The molecule has 10 aromatic rings. The first-order valence-electron chi connectivity index (χ1n) is 23.5. The van der Waals surface area contributed by atoms with E-state index in [1.807, 2.05) is 121 Å². The minimum atomic E-state index is 0.479. The van der Waals surface area contributed by atoms with Gasteiger partial charge in [-0.3, -0.25) is 0 Å². The summed E-state index contributed by atoms with van der Waals surface area (Å²) >= 11 is 0. The molecule has 0 bridgehead atoms. The molecule has 4 heterocycles. The predicted octanol–water partition coefficient (Wildman–Crippen LogP) is 13.1. The molecule has 0 N–H and O–H groups in total. The number of methoxy groups -OCH3 is 2. The highest BCUT2D eigenvalue weighted by atomic mass is 16.6. The Bertz CT molecular complexity index is 3500. The zero-order chi connectivity index (χ0) is 47.2. The Hall–Kier alpha value is -8.84. The molecule has 14 rings (SSSR count). The number of rotatable bonds is 8. The molecule has 352 valence electrons. The van der Waals surface area contributed by atoms with Crippen molar-refractivity contribution >= 4 is 64.6 Å². The second kappa shape index (κ2) is 16.4. The molecule has 4 aliphatic rings. The minimum Gasteiger partial charge on any atom is -0.493 e. The van der Waals surface area contributed by atoms with Gasteiger partial charge < -0.3 is 61.6 Å². The van der Waals surface area contributed by atoms with E-state index in [1.54, 1.807) is 14.2 Å². The third-order valence-electron chi connectivity index (χ3n) is 13.4. The van der Waals surface area contributed by atoms with Gasteiger partial charge >= 0.3 is 0 Å². The van der Waals surface area contributed by atoms with Gasteiger partial charge in [-0.25, -0.2) is 0 Å². The second-order valence-electron chi connectivity index (χ2n) is 17.5. The summed E-state index contributed by atoms with van der Waals surface area (Å²) in [6, 6.07) is 39.3. The molecule has 0 amide bonds. The van der Waals surface area contributed by atoms with Crippen molar-refractivity contribution in [2.75, 3.05) is 67.1 Å². The van der Waals surface area contributed by atoms with Crippen LogP contribution in [0.25, 0.3) is 64.6 Å². The predicted molar refractivity (Wildman–Crippen MR) is 268 cm³/mol. The fourth-order valence-electron chi connectivity index (χ4n) is 10.2. The van der Waals surface area contributed by atoms with E-state index in [0.29, 0.717) is 145 Å². The van der Waals surface area contributed by atoms with Gasteiger partial charge in [0, 0.05) is 0 Å². The highest BCUT2D eigenvalue weighted by molar-refractivity contribution is 6.28. The number of hydrogen-bond donors (Lipinski definition) is 0. The molecule has 0 unspecified atom stereocenters. The highest BCUT2D eigenvalue weighted by Crippen LogP contribution is 2.51. The van der Waals surface area contributed by atoms with Crippen LogP contribution in [0.4, 0.5) is 0 Å². The van der Waals surface area contributed by atoms with E-state index in [2.05, 4.69) is 0 Å². The zero-order valence-corrected chi connectivity index (χ0v) is 38.5. The Morgan fingerprint density at radius 2 is 0.423 bits per heavy atom. The Morgan fingerprint density at radius 3 is 0.634 bits per heavy atom. The average molecular weight is 947 g/mol. The third-order valence-corrected chi connectivity index (χ3v) is 13.4. The first-order chi connectivity index (χ1) is 35.0. The largest absolute Gasteiger partial charge is 0.493 e. The standard InChI is InChI=1S/C58H42O13/c1-59-47-19-35-37-21-49-51(63-13-11-61-49)23-39(37)41-25-53-55(67-17-15-65-53)27-43(41)45(35)29-57(47)70-33-7-3-31(4-8-33)69-32-5-9-34(10-6-32)71-58-30-46-36(20-48(58)60-2)38-22-50-52(64-14-12-62-50)24-40(38)42-26-54-56(28-44(42)46)68-18-16-66-54/h3-10,19-30H,11-18H2,1-2H3. The van der Waals surface area contributed by atoms with Crippen LogP contribution in [-0.2, 0) is 0 Å². The number of benzene rings is 10. The molecule has 0 atom stereocenters. The van der Waals surface area contributed by atoms with Gasteiger partial charge in [0.25, 0.3) is 0 Å².